The number of rotatable bonds is 8. The minimum atomic E-state index is -1.03. The van der Waals surface area contributed by atoms with E-state index in [0.717, 1.165) is 0 Å². The molecule has 0 aliphatic carbocycles. The first-order valence-electron chi connectivity index (χ1n) is 3.53. The number of carboxylic acids is 1. The highest BCUT2D eigenvalue weighted by molar-refractivity contribution is 5.67. The van der Waals surface area contributed by atoms with Gasteiger partial charge in [-0.3, -0.25) is 14.4 Å². The van der Waals surface area contributed by atoms with Crippen LogP contribution in [0.3, 0.4) is 0 Å². The van der Waals surface area contributed by atoms with Gasteiger partial charge in [0.25, 0.3) is 12.9 Å². The molecule has 0 saturated heterocycles. The molecule has 6 nitrogen and oxygen atoms in total. The molecule has 6 heteroatoms. The van der Waals surface area contributed by atoms with E-state index in [1.165, 1.54) is 0 Å². The van der Waals surface area contributed by atoms with Gasteiger partial charge < -0.3 is 14.6 Å². The fraction of sp³-hybridized carbons (Fsp3) is 0.571. The Bertz CT molecular complexity index is 166. The molecule has 0 radical (unpaired) electrons. The lowest BCUT2D eigenvalue weighted by Crippen LogP contribution is -2.19. The SMILES string of the molecule is O=COCC(COC=O)CC(=O)O. The molecule has 0 rings (SSSR count). The lowest BCUT2D eigenvalue weighted by atomic mass is 10.1. The summed E-state index contributed by atoms with van der Waals surface area (Å²) in [5.41, 5.74) is 0. The monoisotopic (exact) mass is 190 g/mol. The van der Waals surface area contributed by atoms with Crippen LogP contribution in [0.2, 0.25) is 0 Å². The summed E-state index contributed by atoms with van der Waals surface area (Å²) in [5.74, 6) is -1.53. The van der Waals surface area contributed by atoms with Crippen molar-refractivity contribution in [3.05, 3.63) is 0 Å². The summed E-state index contributed by atoms with van der Waals surface area (Å²) in [6.07, 6.45) is -0.207. The summed E-state index contributed by atoms with van der Waals surface area (Å²) in [4.78, 5) is 29.8. The summed E-state index contributed by atoms with van der Waals surface area (Å²) >= 11 is 0. The van der Waals surface area contributed by atoms with E-state index in [-0.39, 0.29) is 32.6 Å². The second kappa shape index (κ2) is 7.08. The lowest BCUT2D eigenvalue weighted by molar-refractivity contribution is -0.143. The van der Waals surface area contributed by atoms with Gasteiger partial charge in [-0.1, -0.05) is 0 Å². The fourth-order valence-electron chi connectivity index (χ4n) is 0.764. The minimum Gasteiger partial charge on any atom is -0.481 e. The first-order chi connectivity index (χ1) is 6.20. The van der Waals surface area contributed by atoms with Crippen LogP contribution in [-0.2, 0) is 23.9 Å². The molecule has 0 heterocycles. The van der Waals surface area contributed by atoms with Crippen LogP contribution in [0.1, 0.15) is 6.42 Å². The molecular formula is C7H10O6. The molecule has 0 saturated carbocycles. The van der Waals surface area contributed by atoms with Crippen LogP contribution >= 0.6 is 0 Å². The quantitative estimate of drug-likeness (QED) is 0.515. The van der Waals surface area contributed by atoms with Crippen LogP contribution in [0.15, 0.2) is 0 Å². The molecule has 0 amide bonds. The molecule has 0 aromatic rings. The van der Waals surface area contributed by atoms with Crippen molar-refractivity contribution >= 4 is 18.9 Å². The second-order valence-electron chi connectivity index (χ2n) is 2.32. The van der Waals surface area contributed by atoms with Gasteiger partial charge in [-0.2, -0.15) is 0 Å². The Labute approximate surface area is 74.4 Å². The summed E-state index contributed by atoms with van der Waals surface area (Å²) in [5, 5.41) is 8.39. The highest BCUT2D eigenvalue weighted by Gasteiger charge is 2.14. The van der Waals surface area contributed by atoms with Gasteiger partial charge in [-0.15, -0.1) is 0 Å². The molecule has 0 aliphatic rings. The molecular weight excluding hydrogens is 180 g/mol. The zero-order valence-electron chi connectivity index (χ0n) is 6.84. The number of carboxylic acid groups (broad SMARTS) is 1. The van der Waals surface area contributed by atoms with Crippen molar-refractivity contribution in [2.45, 2.75) is 6.42 Å². The highest BCUT2D eigenvalue weighted by atomic mass is 16.5. The van der Waals surface area contributed by atoms with Crippen LogP contribution in [-0.4, -0.2) is 37.2 Å². The summed E-state index contributed by atoms with van der Waals surface area (Å²) in [7, 11) is 0. The van der Waals surface area contributed by atoms with E-state index in [2.05, 4.69) is 9.47 Å². The third kappa shape index (κ3) is 6.79. The van der Waals surface area contributed by atoms with Crippen molar-refractivity contribution in [3.8, 4) is 0 Å². The van der Waals surface area contributed by atoms with Gasteiger partial charge in [0, 0.05) is 5.92 Å². The van der Waals surface area contributed by atoms with Gasteiger partial charge in [-0.25, -0.2) is 0 Å². The van der Waals surface area contributed by atoms with Crippen molar-refractivity contribution in [3.63, 3.8) is 0 Å². The Morgan fingerprint density at radius 3 is 2.00 bits per heavy atom. The van der Waals surface area contributed by atoms with E-state index >= 15 is 0 Å². The van der Waals surface area contributed by atoms with E-state index in [4.69, 9.17) is 5.11 Å². The molecule has 0 atom stereocenters. The predicted octanol–water partition coefficient (Wildman–Crippen LogP) is -0.577. The summed E-state index contributed by atoms with van der Waals surface area (Å²) < 4.78 is 8.71. The second-order valence-corrected chi connectivity index (χ2v) is 2.32. The summed E-state index contributed by atoms with van der Waals surface area (Å²) in [6.45, 7) is 0.304. The maximum Gasteiger partial charge on any atom is 0.303 e. The molecule has 0 unspecified atom stereocenters. The van der Waals surface area contributed by atoms with Crippen molar-refractivity contribution in [1.29, 1.82) is 0 Å². The Balaban J connectivity index is 3.78. The van der Waals surface area contributed by atoms with Crippen LogP contribution in [0.25, 0.3) is 0 Å². The molecule has 0 aliphatic heterocycles. The van der Waals surface area contributed by atoms with Gasteiger partial charge >= 0.3 is 5.97 Å². The number of carbonyl (C=O) groups is 3. The van der Waals surface area contributed by atoms with Crippen molar-refractivity contribution in [1.82, 2.24) is 0 Å². The van der Waals surface area contributed by atoms with Crippen LogP contribution < -0.4 is 0 Å². The maximum absolute atomic E-state index is 10.2. The maximum atomic E-state index is 10.2. The third-order valence-electron chi connectivity index (χ3n) is 1.26. The van der Waals surface area contributed by atoms with Crippen LogP contribution in [0.4, 0.5) is 0 Å². The number of aliphatic carboxylic acids is 1. The van der Waals surface area contributed by atoms with E-state index in [1.807, 2.05) is 0 Å². The molecule has 13 heavy (non-hydrogen) atoms. The minimum absolute atomic E-state index is 0.0658. The van der Waals surface area contributed by atoms with Gasteiger partial charge in [0.15, 0.2) is 0 Å². The Hall–Kier alpha value is -1.59. The zero-order valence-corrected chi connectivity index (χ0v) is 6.84. The van der Waals surface area contributed by atoms with Crippen molar-refractivity contribution in [2.75, 3.05) is 13.2 Å². The Morgan fingerprint density at radius 1 is 1.23 bits per heavy atom. The van der Waals surface area contributed by atoms with Crippen molar-refractivity contribution in [2.24, 2.45) is 5.92 Å². The Kier molecular flexibility index (Phi) is 6.21. The van der Waals surface area contributed by atoms with Gasteiger partial charge in [0.2, 0.25) is 0 Å². The van der Waals surface area contributed by atoms with E-state index in [0.29, 0.717) is 0 Å². The van der Waals surface area contributed by atoms with Gasteiger partial charge in [-0.05, 0) is 0 Å². The average Bonchev–Trinajstić information content (AvgIpc) is 2.09. The largest absolute Gasteiger partial charge is 0.481 e. The zero-order chi connectivity index (χ0) is 10.1. The Morgan fingerprint density at radius 2 is 1.69 bits per heavy atom. The first-order valence-corrected chi connectivity index (χ1v) is 3.53. The molecule has 0 aromatic heterocycles. The highest BCUT2D eigenvalue weighted by Crippen LogP contribution is 2.03. The van der Waals surface area contributed by atoms with Crippen molar-refractivity contribution < 1.29 is 29.0 Å². The molecule has 0 spiro atoms. The van der Waals surface area contributed by atoms with Crippen LogP contribution in [0.5, 0.6) is 0 Å². The van der Waals surface area contributed by atoms with E-state index in [1.54, 1.807) is 0 Å². The number of carbonyl (C=O) groups excluding carboxylic acids is 2. The summed E-state index contributed by atoms with van der Waals surface area (Å²) in [6, 6.07) is 0. The fourth-order valence-corrected chi connectivity index (χ4v) is 0.764. The lowest BCUT2D eigenvalue weighted by Gasteiger charge is -2.11. The van der Waals surface area contributed by atoms with Crippen LogP contribution in [0, 0.1) is 5.92 Å². The average molecular weight is 190 g/mol. The molecule has 0 aromatic carbocycles. The third-order valence-corrected chi connectivity index (χ3v) is 1.26. The van der Waals surface area contributed by atoms with E-state index < -0.39 is 11.9 Å². The first kappa shape index (κ1) is 11.4. The molecule has 1 N–H and O–H groups in total. The standard InChI is InChI=1S/C7H10O6/c8-4-12-2-6(1-7(10)11)3-13-5-9/h4-6H,1-3H2,(H,10,11). The molecule has 0 bridgehead atoms. The normalized spacial score (nSPS) is 9.31. The number of ether oxygens (including phenoxy) is 2. The van der Waals surface area contributed by atoms with E-state index in [9.17, 15) is 14.4 Å². The number of hydrogen-bond donors (Lipinski definition) is 1. The van der Waals surface area contributed by atoms with Gasteiger partial charge in [0.05, 0.1) is 19.6 Å². The smallest absolute Gasteiger partial charge is 0.303 e. The molecule has 0 fully saturated rings. The predicted molar refractivity (Wildman–Crippen MR) is 39.8 cm³/mol. The van der Waals surface area contributed by atoms with Gasteiger partial charge in [0.1, 0.15) is 0 Å². The molecule has 74 valence electrons. The number of hydrogen-bond acceptors (Lipinski definition) is 5. The topological polar surface area (TPSA) is 89.9 Å².